The number of nitrogens with zero attached hydrogens (tertiary/aromatic N) is 7. The number of piperazine rings is 1. The van der Waals surface area contributed by atoms with E-state index < -0.39 is 10.0 Å². The summed E-state index contributed by atoms with van der Waals surface area (Å²) in [7, 11) is -3.97. The second kappa shape index (κ2) is 12.9. The first-order valence-corrected chi connectivity index (χ1v) is 17.3. The summed E-state index contributed by atoms with van der Waals surface area (Å²) in [5, 5.41) is 14.9. The monoisotopic (exact) mass is 665 g/mol. The highest BCUT2D eigenvalue weighted by molar-refractivity contribution is 7.90. The fraction of sp³-hybridized carbons (Fsp3) is 0.250. The molecule has 2 aromatic carbocycles. The first kappa shape index (κ1) is 31.7. The van der Waals surface area contributed by atoms with Crippen molar-refractivity contribution < 1.29 is 17.9 Å². The maximum Gasteiger partial charge on any atom is 0.269 e. The molecule has 0 spiro atoms. The zero-order valence-corrected chi connectivity index (χ0v) is 27.6. The van der Waals surface area contributed by atoms with Crippen molar-refractivity contribution in [1.29, 1.82) is 0 Å². The topological polar surface area (TPSA) is 109 Å². The summed E-state index contributed by atoms with van der Waals surface area (Å²) in [4.78, 5) is 14.1. The molecule has 12 heteroatoms. The Bertz CT molecular complexity index is 2170. The zero-order chi connectivity index (χ0) is 33.4. The third-order valence-corrected chi connectivity index (χ3v) is 10.3. The van der Waals surface area contributed by atoms with Gasteiger partial charge in [0.2, 0.25) is 0 Å². The fourth-order valence-corrected chi connectivity index (χ4v) is 7.49. The Morgan fingerprint density at radius 3 is 2.35 bits per heavy atom. The SMILES string of the molecule is Cc1ccc(S(=O)(=O)n2cc(-c3cnn(Cc4cccc(F)c4)c3)c3cc(-c4ccc(N5CCN(CC(C)O)CC5)nc4)cnc32)cc1. The molecule has 1 atom stereocenters. The number of rotatable bonds is 9. The Morgan fingerprint density at radius 2 is 1.65 bits per heavy atom. The molecule has 1 saturated heterocycles. The number of benzene rings is 2. The highest BCUT2D eigenvalue weighted by Crippen LogP contribution is 2.35. The lowest BCUT2D eigenvalue weighted by atomic mass is 10.1. The maximum absolute atomic E-state index is 13.9. The van der Waals surface area contributed by atoms with Crippen LogP contribution in [0.4, 0.5) is 10.2 Å². The van der Waals surface area contributed by atoms with E-state index in [1.165, 1.54) is 16.1 Å². The van der Waals surface area contributed by atoms with E-state index in [9.17, 15) is 17.9 Å². The van der Waals surface area contributed by atoms with Crippen molar-refractivity contribution >= 4 is 26.9 Å². The summed E-state index contributed by atoms with van der Waals surface area (Å²) in [6.07, 6.45) is 8.24. The van der Waals surface area contributed by atoms with Crippen molar-refractivity contribution in [3.63, 3.8) is 0 Å². The summed E-state index contributed by atoms with van der Waals surface area (Å²) in [5.41, 5.74) is 5.02. The van der Waals surface area contributed by atoms with Crippen LogP contribution in [-0.2, 0) is 16.6 Å². The van der Waals surface area contributed by atoms with E-state index in [1.54, 1.807) is 53.6 Å². The maximum atomic E-state index is 13.9. The van der Waals surface area contributed by atoms with Gasteiger partial charge in [-0.05, 0) is 61.9 Å². The summed E-state index contributed by atoms with van der Waals surface area (Å²) >= 11 is 0. The average molecular weight is 666 g/mol. The highest BCUT2D eigenvalue weighted by atomic mass is 32.2. The summed E-state index contributed by atoms with van der Waals surface area (Å²) in [5.74, 6) is 0.562. The number of hydrogen-bond acceptors (Lipinski definition) is 8. The van der Waals surface area contributed by atoms with Gasteiger partial charge in [0.15, 0.2) is 5.65 Å². The number of fused-ring (bicyclic) bond motifs is 1. The van der Waals surface area contributed by atoms with Crippen molar-refractivity contribution in [3.8, 4) is 22.3 Å². The van der Waals surface area contributed by atoms with E-state index in [0.29, 0.717) is 35.2 Å². The standard InChI is InChI=1S/C36H36FN7O3S/c1-25-6-9-32(10-7-25)48(46,47)44-24-34(30-20-40-43(23-30)22-27-4-3-5-31(37)16-27)33-17-29(19-39-36(33)44)28-8-11-35(38-18-28)42-14-12-41(13-15-42)21-26(2)45/h3-11,16-20,23-24,26,45H,12-15,21-22H2,1-2H3. The number of pyridine rings is 2. The number of anilines is 1. The molecule has 1 aliphatic heterocycles. The molecule has 4 aromatic heterocycles. The van der Waals surface area contributed by atoms with E-state index in [0.717, 1.165) is 54.3 Å². The van der Waals surface area contributed by atoms with Crippen LogP contribution in [0.3, 0.4) is 0 Å². The van der Waals surface area contributed by atoms with Crippen LogP contribution in [0, 0.1) is 12.7 Å². The predicted molar refractivity (Wildman–Crippen MR) is 184 cm³/mol. The molecule has 0 bridgehead atoms. The van der Waals surface area contributed by atoms with Crippen molar-refractivity contribution in [2.75, 3.05) is 37.6 Å². The molecule has 246 valence electrons. The van der Waals surface area contributed by atoms with E-state index in [4.69, 9.17) is 9.97 Å². The molecular weight excluding hydrogens is 630 g/mol. The number of aliphatic hydroxyl groups excluding tert-OH is 1. The average Bonchev–Trinajstić information content (AvgIpc) is 3.70. The van der Waals surface area contributed by atoms with Gasteiger partial charge in [-0.2, -0.15) is 5.10 Å². The Hall–Kier alpha value is -4.91. The van der Waals surface area contributed by atoms with Crippen LogP contribution in [0.25, 0.3) is 33.3 Å². The predicted octanol–water partition coefficient (Wildman–Crippen LogP) is 5.20. The van der Waals surface area contributed by atoms with Gasteiger partial charge < -0.3 is 10.0 Å². The van der Waals surface area contributed by atoms with Crippen LogP contribution < -0.4 is 4.90 Å². The van der Waals surface area contributed by atoms with Gasteiger partial charge >= 0.3 is 0 Å². The molecule has 1 aliphatic rings. The number of aliphatic hydroxyl groups is 1. The van der Waals surface area contributed by atoms with Gasteiger partial charge in [0, 0.05) is 85.2 Å². The molecule has 1 unspecified atom stereocenters. The molecule has 0 radical (unpaired) electrons. The van der Waals surface area contributed by atoms with E-state index in [2.05, 4.69) is 14.9 Å². The van der Waals surface area contributed by atoms with Gasteiger partial charge in [-0.15, -0.1) is 0 Å². The van der Waals surface area contributed by atoms with Crippen LogP contribution in [0.1, 0.15) is 18.1 Å². The van der Waals surface area contributed by atoms with Gasteiger partial charge in [-0.25, -0.2) is 26.7 Å². The Kier molecular flexibility index (Phi) is 8.54. The molecule has 7 rings (SSSR count). The first-order chi connectivity index (χ1) is 23.1. The van der Waals surface area contributed by atoms with Gasteiger partial charge in [-0.1, -0.05) is 29.8 Å². The van der Waals surface area contributed by atoms with E-state index in [-0.39, 0.29) is 16.8 Å². The van der Waals surface area contributed by atoms with Crippen LogP contribution in [0.2, 0.25) is 0 Å². The summed E-state index contributed by atoms with van der Waals surface area (Å²) < 4.78 is 44.6. The quantitative estimate of drug-likeness (QED) is 0.225. The van der Waals surface area contributed by atoms with E-state index >= 15 is 0 Å². The molecule has 1 N–H and O–H groups in total. The second-order valence-electron chi connectivity index (χ2n) is 12.4. The second-order valence-corrected chi connectivity index (χ2v) is 14.2. The fourth-order valence-electron chi connectivity index (χ4n) is 6.16. The number of hydrogen-bond donors (Lipinski definition) is 1. The van der Waals surface area contributed by atoms with Crippen LogP contribution in [0.5, 0.6) is 0 Å². The molecule has 0 amide bonds. The third kappa shape index (κ3) is 6.46. The van der Waals surface area contributed by atoms with Gasteiger partial charge in [0.25, 0.3) is 10.0 Å². The number of β-amino-alcohol motifs (C(OH)–C–C–N with tert-alkyl or cyclic N) is 1. The van der Waals surface area contributed by atoms with Crippen LogP contribution in [0.15, 0.2) is 103 Å². The largest absolute Gasteiger partial charge is 0.392 e. The van der Waals surface area contributed by atoms with Crippen molar-refractivity contribution in [2.24, 2.45) is 0 Å². The molecule has 48 heavy (non-hydrogen) atoms. The molecule has 6 aromatic rings. The minimum atomic E-state index is -3.97. The lowest BCUT2D eigenvalue weighted by Gasteiger charge is -2.35. The number of halogens is 1. The Labute approximate surface area is 278 Å². The summed E-state index contributed by atoms with van der Waals surface area (Å²) in [6, 6.07) is 19.0. The van der Waals surface area contributed by atoms with Crippen molar-refractivity contribution in [2.45, 2.75) is 31.4 Å². The molecule has 0 saturated carbocycles. The molecule has 5 heterocycles. The lowest BCUT2D eigenvalue weighted by molar-refractivity contribution is 0.122. The normalized spacial score (nSPS) is 14.9. The number of aromatic nitrogens is 5. The molecule has 10 nitrogen and oxygen atoms in total. The van der Waals surface area contributed by atoms with Crippen molar-refractivity contribution in [1.82, 2.24) is 28.6 Å². The molecule has 1 fully saturated rings. The third-order valence-electron chi connectivity index (χ3n) is 8.67. The van der Waals surface area contributed by atoms with Crippen molar-refractivity contribution in [3.05, 3.63) is 115 Å². The Balaban J connectivity index is 1.24. The minimum absolute atomic E-state index is 0.163. The van der Waals surface area contributed by atoms with E-state index in [1.807, 2.05) is 50.5 Å². The minimum Gasteiger partial charge on any atom is -0.392 e. The Morgan fingerprint density at radius 1 is 0.875 bits per heavy atom. The van der Waals surface area contributed by atoms with Crippen LogP contribution in [-0.4, -0.2) is 81.0 Å². The van der Waals surface area contributed by atoms with Crippen LogP contribution >= 0.6 is 0 Å². The highest BCUT2D eigenvalue weighted by Gasteiger charge is 2.24. The molecule has 0 aliphatic carbocycles. The smallest absolute Gasteiger partial charge is 0.269 e. The first-order valence-electron chi connectivity index (χ1n) is 15.9. The van der Waals surface area contributed by atoms with Gasteiger partial charge in [-0.3, -0.25) is 9.58 Å². The number of aryl methyl sites for hydroxylation is 1. The zero-order valence-electron chi connectivity index (χ0n) is 26.7. The lowest BCUT2D eigenvalue weighted by Crippen LogP contribution is -2.48. The van der Waals surface area contributed by atoms with Gasteiger partial charge in [0.1, 0.15) is 11.6 Å². The molecular formula is C36H36FN7O3S. The van der Waals surface area contributed by atoms with Gasteiger partial charge in [0.05, 0.1) is 23.7 Å². The summed E-state index contributed by atoms with van der Waals surface area (Å²) in [6.45, 7) is 8.11.